The Kier molecular flexibility index (Phi) is 9.86. The first-order chi connectivity index (χ1) is 9.29. The molecule has 0 heterocycles. The van der Waals surface area contributed by atoms with E-state index in [1.165, 1.54) is 13.5 Å². The number of aliphatic hydroxyl groups excluding tert-OH is 2. The van der Waals surface area contributed by atoms with E-state index in [0.717, 1.165) is 12.8 Å². The van der Waals surface area contributed by atoms with E-state index in [1.807, 2.05) is 0 Å². The van der Waals surface area contributed by atoms with Crippen LogP contribution in [0.1, 0.15) is 59.8 Å². The van der Waals surface area contributed by atoms with Crippen molar-refractivity contribution in [2.24, 2.45) is 17.8 Å². The summed E-state index contributed by atoms with van der Waals surface area (Å²) in [5, 5.41) is 19.8. The Morgan fingerprint density at radius 2 is 1.55 bits per heavy atom. The van der Waals surface area contributed by atoms with Crippen molar-refractivity contribution in [3.63, 3.8) is 0 Å². The van der Waals surface area contributed by atoms with Gasteiger partial charge in [0.15, 0.2) is 6.10 Å². The molecule has 0 aromatic carbocycles. The van der Waals surface area contributed by atoms with E-state index in [0.29, 0.717) is 18.8 Å². The summed E-state index contributed by atoms with van der Waals surface area (Å²) in [6, 6.07) is 0. The molecule has 4 heteroatoms. The van der Waals surface area contributed by atoms with Gasteiger partial charge in [-0.3, -0.25) is 0 Å². The Bertz CT molecular complexity index is 265. The number of hydrogen-bond donors (Lipinski definition) is 2. The van der Waals surface area contributed by atoms with E-state index in [1.54, 1.807) is 6.92 Å². The van der Waals surface area contributed by atoms with Crippen LogP contribution < -0.4 is 0 Å². The number of hydrogen-bond acceptors (Lipinski definition) is 4. The Labute approximate surface area is 123 Å². The third kappa shape index (κ3) is 7.85. The predicted octanol–water partition coefficient (Wildman–Crippen LogP) is 2.76. The van der Waals surface area contributed by atoms with E-state index in [-0.39, 0.29) is 17.9 Å². The number of esters is 1. The molecule has 0 bridgehead atoms. The van der Waals surface area contributed by atoms with E-state index < -0.39 is 12.1 Å². The molecule has 120 valence electrons. The molecule has 0 aliphatic rings. The summed E-state index contributed by atoms with van der Waals surface area (Å²) >= 11 is 0. The average molecular weight is 288 g/mol. The standard InChI is InChI=1S/C16H32O4/c1-11(2)7-6-8-12(3)14(17)10-9-13(4)15(18)16(19)20-5/h11-15,17-18H,6-10H2,1-5H3/t12-,13-,14+,15+/m0/s1. The van der Waals surface area contributed by atoms with Crippen LogP contribution >= 0.6 is 0 Å². The molecular weight excluding hydrogens is 256 g/mol. The first-order valence-corrected chi connectivity index (χ1v) is 7.73. The molecule has 4 atom stereocenters. The Morgan fingerprint density at radius 3 is 2.05 bits per heavy atom. The molecule has 0 radical (unpaired) electrons. The number of ether oxygens (including phenoxy) is 1. The van der Waals surface area contributed by atoms with Crippen LogP contribution in [0.2, 0.25) is 0 Å². The molecule has 0 aromatic heterocycles. The highest BCUT2D eigenvalue weighted by Gasteiger charge is 2.24. The third-order valence-electron chi connectivity index (χ3n) is 4.00. The zero-order valence-electron chi connectivity index (χ0n) is 13.6. The molecule has 0 unspecified atom stereocenters. The lowest BCUT2D eigenvalue weighted by Crippen LogP contribution is -2.30. The molecule has 0 fully saturated rings. The second-order valence-electron chi connectivity index (χ2n) is 6.39. The van der Waals surface area contributed by atoms with Crippen LogP contribution in [-0.2, 0) is 9.53 Å². The van der Waals surface area contributed by atoms with Gasteiger partial charge in [-0.25, -0.2) is 4.79 Å². The monoisotopic (exact) mass is 288 g/mol. The molecule has 4 nitrogen and oxygen atoms in total. The maximum atomic E-state index is 11.2. The SMILES string of the molecule is COC(=O)[C@H](O)[C@@H](C)CC[C@@H](O)[C@@H](C)CCCC(C)C. The lowest BCUT2D eigenvalue weighted by Gasteiger charge is -2.22. The van der Waals surface area contributed by atoms with Crippen LogP contribution in [0.15, 0.2) is 0 Å². The molecule has 0 amide bonds. The number of methoxy groups -OCH3 is 1. The zero-order chi connectivity index (χ0) is 15.7. The molecule has 0 aliphatic heterocycles. The zero-order valence-corrected chi connectivity index (χ0v) is 13.6. The Balaban J connectivity index is 3.95. The summed E-state index contributed by atoms with van der Waals surface area (Å²) in [6.07, 6.45) is 3.11. The van der Waals surface area contributed by atoms with Crippen molar-refractivity contribution in [1.82, 2.24) is 0 Å². The smallest absolute Gasteiger partial charge is 0.334 e. The second-order valence-corrected chi connectivity index (χ2v) is 6.39. The number of carbonyl (C=O) groups excluding carboxylic acids is 1. The second kappa shape index (κ2) is 10.2. The molecule has 0 aromatic rings. The summed E-state index contributed by atoms with van der Waals surface area (Å²) in [5.41, 5.74) is 0. The van der Waals surface area contributed by atoms with E-state index in [2.05, 4.69) is 25.5 Å². The predicted molar refractivity (Wildman–Crippen MR) is 80.3 cm³/mol. The highest BCUT2D eigenvalue weighted by Crippen LogP contribution is 2.21. The van der Waals surface area contributed by atoms with Crippen LogP contribution in [0.25, 0.3) is 0 Å². The summed E-state index contributed by atoms with van der Waals surface area (Å²) in [7, 11) is 1.27. The highest BCUT2D eigenvalue weighted by atomic mass is 16.5. The molecule has 0 saturated heterocycles. The largest absolute Gasteiger partial charge is 0.467 e. The van der Waals surface area contributed by atoms with E-state index in [4.69, 9.17) is 0 Å². The lowest BCUT2D eigenvalue weighted by atomic mass is 9.89. The van der Waals surface area contributed by atoms with Crippen LogP contribution in [0.3, 0.4) is 0 Å². The minimum Gasteiger partial charge on any atom is -0.467 e. The van der Waals surface area contributed by atoms with Crippen LogP contribution in [0.5, 0.6) is 0 Å². The molecule has 2 N–H and O–H groups in total. The number of rotatable bonds is 10. The van der Waals surface area contributed by atoms with Gasteiger partial charge in [0.05, 0.1) is 13.2 Å². The van der Waals surface area contributed by atoms with Gasteiger partial charge in [0.1, 0.15) is 0 Å². The van der Waals surface area contributed by atoms with Crippen LogP contribution in [0.4, 0.5) is 0 Å². The van der Waals surface area contributed by atoms with Gasteiger partial charge in [0.25, 0.3) is 0 Å². The molecule has 0 aliphatic carbocycles. The Hall–Kier alpha value is -0.610. The van der Waals surface area contributed by atoms with E-state index in [9.17, 15) is 15.0 Å². The molecule has 0 spiro atoms. The van der Waals surface area contributed by atoms with Crippen molar-refractivity contribution in [1.29, 1.82) is 0 Å². The fourth-order valence-corrected chi connectivity index (χ4v) is 2.27. The third-order valence-corrected chi connectivity index (χ3v) is 4.00. The van der Waals surface area contributed by atoms with E-state index >= 15 is 0 Å². The number of aliphatic hydroxyl groups is 2. The quantitative estimate of drug-likeness (QED) is 0.607. The molecule has 0 rings (SSSR count). The molecule has 20 heavy (non-hydrogen) atoms. The molecule has 0 saturated carbocycles. The average Bonchev–Trinajstić information content (AvgIpc) is 2.41. The normalized spacial score (nSPS) is 17.6. The Morgan fingerprint density at radius 1 is 0.950 bits per heavy atom. The fraction of sp³-hybridized carbons (Fsp3) is 0.938. The van der Waals surface area contributed by atoms with Gasteiger partial charge in [-0.2, -0.15) is 0 Å². The summed E-state index contributed by atoms with van der Waals surface area (Å²) in [6.45, 7) is 8.28. The summed E-state index contributed by atoms with van der Waals surface area (Å²) in [4.78, 5) is 11.2. The lowest BCUT2D eigenvalue weighted by molar-refractivity contribution is -0.153. The van der Waals surface area contributed by atoms with Crippen LogP contribution in [0, 0.1) is 17.8 Å². The van der Waals surface area contributed by atoms with Gasteiger partial charge < -0.3 is 14.9 Å². The minimum absolute atomic E-state index is 0.194. The first kappa shape index (κ1) is 19.4. The number of carbonyl (C=O) groups is 1. The summed E-state index contributed by atoms with van der Waals surface area (Å²) in [5.74, 6) is 0.169. The van der Waals surface area contributed by atoms with Gasteiger partial charge in [-0.05, 0) is 37.0 Å². The van der Waals surface area contributed by atoms with Crippen molar-refractivity contribution < 1.29 is 19.7 Å². The minimum atomic E-state index is -1.09. The molecular formula is C16H32O4. The maximum Gasteiger partial charge on any atom is 0.334 e. The van der Waals surface area contributed by atoms with Crippen molar-refractivity contribution in [3.05, 3.63) is 0 Å². The van der Waals surface area contributed by atoms with Crippen molar-refractivity contribution in [2.45, 2.75) is 72.0 Å². The van der Waals surface area contributed by atoms with Gasteiger partial charge in [-0.1, -0.05) is 40.5 Å². The van der Waals surface area contributed by atoms with Gasteiger partial charge >= 0.3 is 5.97 Å². The maximum absolute atomic E-state index is 11.2. The van der Waals surface area contributed by atoms with Crippen molar-refractivity contribution in [2.75, 3.05) is 7.11 Å². The first-order valence-electron chi connectivity index (χ1n) is 7.73. The highest BCUT2D eigenvalue weighted by molar-refractivity contribution is 5.74. The van der Waals surface area contributed by atoms with Gasteiger partial charge in [0, 0.05) is 0 Å². The summed E-state index contributed by atoms with van der Waals surface area (Å²) < 4.78 is 4.51. The van der Waals surface area contributed by atoms with Gasteiger partial charge in [0.2, 0.25) is 0 Å². The van der Waals surface area contributed by atoms with Crippen LogP contribution in [-0.4, -0.2) is 35.5 Å². The van der Waals surface area contributed by atoms with Crippen molar-refractivity contribution in [3.8, 4) is 0 Å². The fourth-order valence-electron chi connectivity index (χ4n) is 2.27. The van der Waals surface area contributed by atoms with Crippen molar-refractivity contribution >= 4 is 5.97 Å². The topological polar surface area (TPSA) is 66.8 Å². The van der Waals surface area contributed by atoms with Gasteiger partial charge in [-0.15, -0.1) is 0 Å².